The van der Waals surface area contributed by atoms with Crippen LogP contribution in [0.15, 0.2) is 30.5 Å². The molecule has 1 aliphatic heterocycles. The summed E-state index contributed by atoms with van der Waals surface area (Å²) in [5.74, 6) is 0.573. The molecule has 1 aliphatic rings. The Hall–Kier alpha value is -2.30. The number of carboxylic acid groups (broad SMARTS) is 1. The maximum absolute atomic E-state index is 10.8. The number of aliphatic carboxylic acids is 1. The van der Waals surface area contributed by atoms with Gasteiger partial charge in [0.05, 0.1) is 5.69 Å². The van der Waals surface area contributed by atoms with E-state index in [1.807, 2.05) is 28.8 Å². The lowest BCUT2D eigenvalue weighted by Crippen LogP contribution is -2.34. The third kappa shape index (κ3) is 2.77. The number of piperidine rings is 1. The van der Waals surface area contributed by atoms with Gasteiger partial charge in [-0.2, -0.15) is 0 Å². The third-order valence-corrected chi connectivity index (χ3v) is 3.89. The van der Waals surface area contributed by atoms with Gasteiger partial charge in [0.1, 0.15) is 5.65 Å². The molecular weight excluding hydrogens is 266 g/mol. The summed E-state index contributed by atoms with van der Waals surface area (Å²) in [6.45, 7) is 4.19. The molecule has 2 aromatic heterocycles. The lowest BCUT2D eigenvalue weighted by molar-refractivity contribution is -0.131. The van der Waals surface area contributed by atoms with E-state index >= 15 is 0 Å². The minimum absolute atomic E-state index is 0.639. The highest BCUT2D eigenvalue weighted by molar-refractivity contribution is 5.86. The van der Waals surface area contributed by atoms with Crippen LogP contribution in [0.5, 0.6) is 0 Å². The van der Waals surface area contributed by atoms with Crippen LogP contribution in [0.2, 0.25) is 0 Å². The van der Waals surface area contributed by atoms with Crippen molar-refractivity contribution >= 4 is 23.5 Å². The van der Waals surface area contributed by atoms with Crippen LogP contribution in [0.3, 0.4) is 0 Å². The van der Waals surface area contributed by atoms with Crippen molar-refractivity contribution in [2.24, 2.45) is 5.92 Å². The van der Waals surface area contributed by atoms with Crippen molar-refractivity contribution in [2.45, 2.75) is 19.8 Å². The number of hydrogen-bond acceptors (Lipinski definition) is 3. The second-order valence-electron chi connectivity index (χ2n) is 5.61. The number of rotatable bonds is 3. The van der Waals surface area contributed by atoms with Crippen LogP contribution in [-0.2, 0) is 4.79 Å². The zero-order valence-electron chi connectivity index (χ0n) is 12.1. The van der Waals surface area contributed by atoms with Crippen LogP contribution in [0, 0.1) is 5.92 Å². The van der Waals surface area contributed by atoms with E-state index in [4.69, 9.17) is 10.1 Å². The van der Waals surface area contributed by atoms with Crippen molar-refractivity contribution < 1.29 is 9.90 Å². The monoisotopic (exact) mass is 285 g/mol. The van der Waals surface area contributed by atoms with E-state index in [-0.39, 0.29) is 0 Å². The van der Waals surface area contributed by atoms with Crippen LogP contribution in [-0.4, -0.2) is 33.6 Å². The molecule has 0 amide bonds. The molecule has 3 rings (SSSR count). The maximum Gasteiger partial charge on any atom is 0.328 e. The van der Waals surface area contributed by atoms with Crippen molar-refractivity contribution in [1.29, 1.82) is 0 Å². The van der Waals surface area contributed by atoms with Crippen molar-refractivity contribution in [2.75, 3.05) is 18.0 Å². The molecule has 0 aliphatic carbocycles. The molecule has 1 fully saturated rings. The van der Waals surface area contributed by atoms with Crippen LogP contribution >= 0.6 is 0 Å². The van der Waals surface area contributed by atoms with Gasteiger partial charge in [-0.3, -0.25) is 4.40 Å². The Kier molecular flexibility index (Phi) is 3.64. The van der Waals surface area contributed by atoms with Crippen molar-refractivity contribution in [3.8, 4) is 0 Å². The number of anilines is 1. The Labute approximate surface area is 123 Å². The van der Waals surface area contributed by atoms with Gasteiger partial charge in [0.15, 0.2) is 5.82 Å². The van der Waals surface area contributed by atoms with E-state index in [0.29, 0.717) is 5.92 Å². The molecule has 0 saturated carbocycles. The molecule has 110 valence electrons. The van der Waals surface area contributed by atoms with E-state index in [9.17, 15) is 4.79 Å². The lowest BCUT2D eigenvalue weighted by Gasteiger charge is -2.31. The summed E-state index contributed by atoms with van der Waals surface area (Å²) in [7, 11) is 0. The molecule has 0 bridgehead atoms. The molecule has 0 radical (unpaired) electrons. The standard InChI is InChI=1S/C16H19N3O2/c1-12-5-4-9-18(11-12)16-13(7-8-15(20)21)19-10-3-2-6-14(19)17-16/h2-3,6-8,10,12H,4-5,9,11H2,1H3,(H,20,21)/b8-7+. The first-order chi connectivity index (χ1) is 10.1. The number of fused-ring (bicyclic) bond motifs is 1. The molecule has 2 aromatic rings. The lowest BCUT2D eigenvalue weighted by atomic mass is 10.0. The fraction of sp³-hybridized carbons (Fsp3) is 0.375. The number of hydrogen-bond donors (Lipinski definition) is 1. The number of carbonyl (C=O) groups is 1. The highest BCUT2D eigenvalue weighted by atomic mass is 16.4. The Morgan fingerprint density at radius 2 is 2.33 bits per heavy atom. The second kappa shape index (κ2) is 5.60. The molecule has 1 N–H and O–H groups in total. The van der Waals surface area contributed by atoms with E-state index in [0.717, 1.165) is 36.7 Å². The van der Waals surface area contributed by atoms with Gasteiger partial charge >= 0.3 is 5.97 Å². The number of nitrogens with zero attached hydrogens (tertiary/aromatic N) is 3. The summed E-state index contributed by atoms with van der Waals surface area (Å²) in [6.07, 6.45) is 7.12. The van der Waals surface area contributed by atoms with Crippen LogP contribution in [0.1, 0.15) is 25.5 Å². The summed E-state index contributed by atoms with van der Waals surface area (Å²) in [5, 5.41) is 8.90. The van der Waals surface area contributed by atoms with Crippen molar-refractivity contribution in [1.82, 2.24) is 9.38 Å². The number of pyridine rings is 1. The fourth-order valence-corrected chi connectivity index (χ4v) is 2.92. The summed E-state index contributed by atoms with van der Waals surface area (Å²) in [4.78, 5) is 17.8. The zero-order valence-corrected chi connectivity index (χ0v) is 12.1. The van der Waals surface area contributed by atoms with Gasteiger partial charge in [-0.1, -0.05) is 13.0 Å². The van der Waals surface area contributed by atoms with Gasteiger partial charge in [0, 0.05) is 25.4 Å². The van der Waals surface area contributed by atoms with Crippen molar-refractivity contribution in [3.63, 3.8) is 0 Å². The Morgan fingerprint density at radius 1 is 1.48 bits per heavy atom. The fourth-order valence-electron chi connectivity index (χ4n) is 2.92. The van der Waals surface area contributed by atoms with Gasteiger partial charge in [-0.15, -0.1) is 0 Å². The quantitative estimate of drug-likeness (QED) is 0.881. The summed E-state index contributed by atoms with van der Waals surface area (Å²) < 4.78 is 1.94. The highest BCUT2D eigenvalue weighted by Gasteiger charge is 2.22. The largest absolute Gasteiger partial charge is 0.478 e. The molecular formula is C16H19N3O2. The van der Waals surface area contributed by atoms with Gasteiger partial charge in [0.25, 0.3) is 0 Å². The molecule has 3 heterocycles. The smallest absolute Gasteiger partial charge is 0.328 e. The average molecular weight is 285 g/mol. The van der Waals surface area contributed by atoms with Crippen molar-refractivity contribution in [3.05, 3.63) is 36.2 Å². The number of aromatic nitrogens is 2. The Morgan fingerprint density at radius 3 is 3.10 bits per heavy atom. The molecule has 5 nitrogen and oxygen atoms in total. The predicted molar refractivity (Wildman–Crippen MR) is 82.5 cm³/mol. The van der Waals surface area contributed by atoms with Gasteiger partial charge < -0.3 is 10.0 Å². The van der Waals surface area contributed by atoms with E-state index in [1.165, 1.54) is 12.5 Å². The van der Waals surface area contributed by atoms with Crippen LogP contribution in [0.4, 0.5) is 5.82 Å². The summed E-state index contributed by atoms with van der Waals surface area (Å²) in [5.41, 5.74) is 1.68. The minimum atomic E-state index is -0.946. The topological polar surface area (TPSA) is 57.8 Å². The molecule has 1 atom stereocenters. The minimum Gasteiger partial charge on any atom is -0.478 e. The predicted octanol–water partition coefficient (Wildman–Crippen LogP) is 2.67. The zero-order chi connectivity index (χ0) is 14.8. The molecule has 0 spiro atoms. The molecule has 1 unspecified atom stereocenters. The van der Waals surface area contributed by atoms with Gasteiger partial charge in [-0.05, 0) is 37.0 Å². The third-order valence-electron chi connectivity index (χ3n) is 3.89. The molecule has 5 heteroatoms. The van der Waals surface area contributed by atoms with E-state index in [2.05, 4.69) is 11.8 Å². The highest BCUT2D eigenvalue weighted by Crippen LogP contribution is 2.27. The van der Waals surface area contributed by atoms with Crippen LogP contribution in [0.25, 0.3) is 11.7 Å². The molecule has 1 saturated heterocycles. The SMILES string of the molecule is CC1CCCN(c2nc3ccccn3c2/C=C/C(=O)O)C1. The van der Waals surface area contributed by atoms with E-state index in [1.54, 1.807) is 6.08 Å². The van der Waals surface area contributed by atoms with Gasteiger partial charge in [-0.25, -0.2) is 9.78 Å². The second-order valence-corrected chi connectivity index (χ2v) is 5.61. The van der Waals surface area contributed by atoms with E-state index < -0.39 is 5.97 Å². The first-order valence-corrected chi connectivity index (χ1v) is 7.28. The average Bonchev–Trinajstić information content (AvgIpc) is 2.84. The maximum atomic E-state index is 10.8. The molecule has 21 heavy (non-hydrogen) atoms. The molecule has 0 aromatic carbocycles. The normalized spacial score (nSPS) is 19.5. The first-order valence-electron chi connectivity index (χ1n) is 7.28. The number of carboxylic acids is 1. The Bertz CT molecular complexity index is 690. The summed E-state index contributed by atoms with van der Waals surface area (Å²) in [6, 6.07) is 5.81. The van der Waals surface area contributed by atoms with Crippen LogP contribution < -0.4 is 4.90 Å². The number of imidazole rings is 1. The Balaban J connectivity index is 2.07. The first kappa shape index (κ1) is 13.7. The summed E-state index contributed by atoms with van der Waals surface area (Å²) >= 11 is 0. The van der Waals surface area contributed by atoms with Gasteiger partial charge in [0.2, 0.25) is 0 Å².